The summed E-state index contributed by atoms with van der Waals surface area (Å²) in [5.74, 6) is 0.401. The number of hydrogen-bond donors (Lipinski definition) is 0. The fourth-order valence-corrected chi connectivity index (χ4v) is 5.17. The maximum Gasteiger partial charge on any atom is 0.222 e. The Kier molecular flexibility index (Phi) is 9.27. The average molecular weight is 480 g/mol. The lowest BCUT2D eigenvalue weighted by Crippen LogP contribution is -2.47. The standard InChI is InChI=1S/C33H37NO2/c35-31(20-12-4-9-15-28-13-5-1-6-14-28)33(27-30-18-10-3-11-19-30)23-25-34(26-24-33)32(36)22-21-29-16-7-2-8-17-29/h1-3,5-8,10-14,16-20H,4,9,15,21-27H2/b20-12+. The molecule has 0 bridgehead atoms. The predicted molar refractivity (Wildman–Crippen MR) is 147 cm³/mol. The van der Waals surface area contributed by atoms with Gasteiger partial charge < -0.3 is 4.90 Å². The molecule has 0 aliphatic carbocycles. The van der Waals surface area contributed by atoms with E-state index in [1.807, 2.05) is 53.4 Å². The number of likely N-dealkylation sites (tertiary alicyclic amines) is 1. The number of carbonyl (C=O) groups is 2. The number of nitrogens with zero attached hydrogens (tertiary/aromatic N) is 1. The van der Waals surface area contributed by atoms with Crippen molar-refractivity contribution in [3.05, 3.63) is 120 Å². The quantitative estimate of drug-likeness (QED) is 0.229. The fourth-order valence-electron chi connectivity index (χ4n) is 5.17. The summed E-state index contributed by atoms with van der Waals surface area (Å²) in [5, 5.41) is 0. The van der Waals surface area contributed by atoms with Crippen LogP contribution in [0.5, 0.6) is 0 Å². The van der Waals surface area contributed by atoms with Crippen molar-refractivity contribution in [3.8, 4) is 0 Å². The van der Waals surface area contributed by atoms with Gasteiger partial charge in [-0.05, 0) is 67.7 Å². The van der Waals surface area contributed by atoms with Gasteiger partial charge in [-0.2, -0.15) is 0 Å². The molecule has 3 nitrogen and oxygen atoms in total. The van der Waals surface area contributed by atoms with Crippen LogP contribution in [-0.2, 0) is 28.9 Å². The van der Waals surface area contributed by atoms with Crippen LogP contribution in [0.3, 0.4) is 0 Å². The van der Waals surface area contributed by atoms with Crippen LogP contribution in [0, 0.1) is 5.41 Å². The first kappa shape index (κ1) is 25.6. The molecule has 0 atom stereocenters. The molecular formula is C33H37NO2. The third-order valence-electron chi connectivity index (χ3n) is 7.40. The number of rotatable bonds is 11. The molecule has 1 aliphatic rings. The molecule has 186 valence electrons. The SMILES string of the molecule is O=C(CCc1ccccc1)N1CCC(Cc2ccccc2)(C(=O)/C=C/CCCc2ccccc2)CC1. The zero-order valence-corrected chi connectivity index (χ0v) is 21.1. The van der Waals surface area contributed by atoms with Crippen LogP contribution in [0.4, 0.5) is 0 Å². The Labute approximate surface area is 215 Å². The van der Waals surface area contributed by atoms with Gasteiger partial charge in [-0.3, -0.25) is 9.59 Å². The molecular weight excluding hydrogens is 442 g/mol. The zero-order valence-electron chi connectivity index (χ0n) is 21.1. The summed E-state index contributed by atoms with van der Waals surface area (Å²) in [6, 6.07) is 30.9. The van der Waals surface area contributed by atoms with Crippen molar-refractivity contribution in [1.29, 1.82) is 0 Å². The van der Waals surface area contributed by atoms with Gasteiger partial charge >= 0.3 is 0 Å². The number of carbonyl (C=O) groups excluding carboxylic acids is 2. The number of unbranched alkanes of at least 4 members (excludes halogenated alkanes) is 1. The Bertz CT molecular complexity index is 1110. The summed E-state index contributed by atoms with van der Waals surface area (Å²) in [6.07, 6.45) is 10.3. The Morgan fingerprint density at radius 1 is 0.722 bits per heavy atom. The fraction of sp³-hybridized carbons (Fsp3) is 0.333. The summed E-state index contributed by atoms with van der Waals surface area (Å²) in [7, 11) is 0. The molecule has 3 aromatic carbocycles. The lowest BCUT2D eigenvalue weighted by atomic mass is 9.70. The van der Waals surface area contributed by atoms with E-state index in [2.05, 4.69) is 54.6 Å². The maximum atomic E-state index is 13.6. The van der Waals surface area contributed by atoms with Gasteiger partial charge in [-0.15, -0.1) is 0 Å². The summed E-state index contributed by atoms with van der Waals surface area (Å²) >= 11 is 0. The number of amides is 1. The van der Waals surface area contributed by atoms with Gasteiger partial charge in [0.1, 0.15) is 0 Å². The summed E-state index contributed by atoms with van der Waals surface area (Å²) < 4.78 is 0. The van der Waals surface area contributed by atoms with Crippen LogP contribution >= 0.6 is 0 Å². The molecule has 1 aliphatic heterocycles. The van der Waals surface area contributed by atoms with Crippen LogP contribution < -0.4 is 0 Å². The van der Waals surface area contributed by atoms with Gasteiger partial charge in [0.05, 0.1) is 0 Å². The first-order valence-electron chi connectivity index (χ1n) is 13.3. The van der Waals surface area contributed by atoms with Gasteiger partial charge in [-0.1, -0.05) is 97.1 Å². The Morgan fingerprint density at radius 2 is 1.25 bits per heavy atom. The van der Waals surface area contributed by atoms with Crippen molar-refractivity contribution in [2.75, 3.05) is 13.1 Å². The molecule has 3 aromatic rings. The van der Waals surface area contributed by atoms with E-state index >= 15 is 0 Å². The van der Waals surface area contributed by atoms with Gasteiger partial charge in [0.25, 0.3) is 0 Å². The van der Waals surface area contributed by atoms with E-state index in [9.17, 15) is 9.59 Å². The molecule has 1 fully saturated rings. The molecule has 0 spiro atoms. The molecule has 1 heterocycles. The van der Waals surface area contributed by atoms with Gasteiger partial charge in [-0.25, -0.2) is 0 Å². The molecule has 0 N–H and O–H groups in total. The second-order valence-corrected chi connectivity index (χ2v) is 9.95. The Hall–Kier alpha value is -3.46. The maximum absolute atomic E-state index is 13.6. The molecule has 0 unspecified atom stereocenters. The molecule has 0 saturated carbocycles. The number of hydrogen-bond acceptors (Lipinski definition) is 2. The van der Waals surface area contributed by atoms with Crippen LogP contribution in [0.2, 0.25) is 0 Å². The van der Waals surface area contributed by atoms with Crippen molar-refractivity contribution in [2.45, 2.75) is 51.4 Å². The first-order chi connectivity index (χ1) is 17.6. The van der Waals surface area contributed by atoms with Crippen LogP contribution in [0.25, 0.3) is 0 Å². The summed E-state index contributed by atoms with van der Waals surface area (Å²) in [6.45, 7) is 1.29. The molecule has 3 heteroatoms. The zero-order chi connectivity index (χ0) is 25.1. The minimum Gasteiger partial charge on any atom is -0.343 e. The normalized spacial score (nSPS) is 15.2. The highest BCUT2D eigenvalue weighted by molar-refractivity contribution is 5.95. The second-order valence-electron chi connectivity index (χ2n) is 9.95. The molecule has 4 rings (SSSR count). The van der Waals surface area contributed by atoms with Gasteiger partial charge in [0.2, 0.25) is 5.91 Å². The molecule has 1 saturated heterocycles. The van der Waals surface area contributed by atoms with E-state index < -0.39 is 5.41 Å². The van der Waals surface area contributed by atoms with E-state index in [0.717, 1.165) is 32.1 Å². The van der Waals surface area contributed by atoms with Crippen LogP contribution in [-0.4, -0.2) is 29.7 Å². The van der Waals surface area contributed by atoms with E-state index in [1.165, 1.54) is 16.7 Å². The highest BCUT2D eigenvalue weighted by Gasteiger charge is 2.40. The third-order valence-corrected chi connectivity index (χ3v) is 7.40. The van der Waals surface area contributed by atoms with Crippen molar-refractivity contribution in [1.82, 2.24) is 4.90 Å². The van der Waals surface area contributed by atoms with E-state index in [-0.39, 0.29) is 11.7 Å². The van der Waals surface area contributed by atoms with Crippen molar-refractivity contribution >= 4 is 11.7 Å². The van der Waals surface area contributed by atoms with Crippen molar-refractivity contribution in [2.24, 2.45) is 5.41 Å². The molecule has 1 amide bonds. The first-order valence-corrected chi connectivity index (χ1v) is 13.3. The van der Waals surface area contributed by atoms with E-state index in [4.69, 9.17) is 0 Å². The van der Waals surface area contributed by atoms with Gasteiger partial charge in [0.15, 0.2) is 5.78 Å². The monoisotopic (exact) mass is 479 g/mol. The average Bonchev–Trinajstić information content (AvgIpc) is 2.93. The Balaban J connectivity index is 1.34. The topological polar surface area (TPSA) is 37.4 Å². The van der Waals surface area contributed by atoms with E-state index in [0.29, 0.717) is 32.4 Å². The number of aryl methyl sites for hydroxylation is 2. The smallest absolute Gasteiger partial charge is 0.222 e. The number of allylic oxidation sites excluding steroid dienone is 2. The van der Waals surface area contributed by atoms with Crippen molar-refractivity contribution < 1.29 is 9.59 Å². The second kappa shape index (κ2) is 13.0. The lowest BCUT2D eigenvalue weighted by Gasteiger charge is -2.40. The number of piperidine rings is 1. The number of benzene rings is 3. The van der Waals surface area contributed by atoms with E-state index in [1.54, 1.807) is 0 Å². The predicted octanol–water partition coefficient (Wildman–Crippen LogP) is 6.62. The minimum absolute atomic E-state index is 0.191. The largest absolute Gasteiger partial charge is 0.343 e. The van der Waals surface area contributed by atoms with Crippen LogP contribution in [0.1, 0.15) is 48.8 Å². The summed E-state index contributed by atoms with van der Waals surface area (Å²) in [5.41, 5.74) is 3.27. The minimum atomic E-state index is -0.437. The molecule has 0 aromatic heterocycles. The highest BCUT2D eigenvalue weighted by Crippen LogP contribution is 2.37. The summed E-state index contributed by atoms with van der Waals surface area (Å²) in [4.78, 5) is 28.4. The van der Waals surface area contributed by atoms with Crippen LogP contribution in [0.15, 0.2) is 103 Å². The third kappa shape index (κ3) is 7.27. The highest BCUT2D eigenvalue weighted by atomic mass is 16.2. The Morgan fingerprint density at radius 3 is 1.83 bits per heavy atom. The van der Waals surface area contributed by atoms with Gasteiger partial charge in [0, 0.05) is 24.9 Å². The molecule has 36 heavy (non-hydrogen) atoms. The lowest BCUT2D eigenvalue weighted by molar-refractivity contribution is -0.137. The number of ketones is 1. The molecule has 0 radical (unpaired) electrons. The van der Waals surface area contributed by atoms with Crippen molar-refractivity contribution in [3.63, 3.8) is 0 Å².